The summed E-state index contributed by atoms with van der Waals surface area (Å²) in [5.41, 5.74) is 0.0477. The van der Waals surface area contributed by atoms with E-state index >= 15 is 0 Å². The molecule has 1 unspecified atom stereocenters. The van der Waals surface area contributed by atoms with Gasteiger partial charge in [-0.2, -0.15) is 0 Å². The zero-order chi connectivity index (χ0) is 22.5. The van der Waals surface area contributed by atoms with E-state index in [-0.39, 0.29) is 18.0 Å². The number of carbonyl (C=O) groups is 1. The third-order valence-electron chi connectivity index (χ3n) is 6.01. The number of carbonyl (C=O) groups excluding carboxylic acids is 1. The Labute approximate surface area is 187 Å². The Bertz CT molecular complexity index is 384. The zero-order valence-corrected chi connectivity index (χ0v) is 20.8. The number of rotatable bonds is 22. The van der Waals surface area contributed by atoms with Crippen LogP contribution in [0.2, 0.25) is 0 Å². The Kier molecular flexibility index (Phi) is 19.9. The number of ether oxygens (including phenoxy) is 1. The van der Waals surface area contributed by atoms with E-state index in [1.165, 1.54) is 70.6 Å². The van der Waals surface area contributed by atoms with Crippen LogP contribution in [0.15, 0.2) is 0 Å². The molecule has 0 spiro atoms. The summed E-state index contributed by atoms with van der Waals surface area (Å²) < 4.78 is 5.72. The maximum atomic E-state index is 12.5. The molecule has 0 amide bonds. The number of aliphatic hydroxyl groups is 1. The van der Waals surface area contributed by atoms with Crippen LogP contribution in [0.5, 0.6) is 0 Å². The van der Waals surface area contributed by atoms with Gasteiger partial charge in [-0.25, -0.2) is 0 Å². The van der Waals surface area contributed by atoms with Crippen molar-refractivity contribution in [2.45, 2.75) is 124 Å². The Balaban J connectivity index is 4.11. The summed E-state index contributed by atoms with van der Waals surface area (Å²) in [6, 6.07) is 0. The van der Waals surface area contributed by atoms with Crippen molar-refractivity contribution in [2.24, 2.45) is 11.3 Å². The molecule has 1 atom stereocenters. The van der Waals surface area contributed by atoms with Crippen LogP contribution in [-0.2, 0) is 9.53 Å². The van der Waals surface area contributed by atoms with Crippen molar-refractivity contribution in [3.63, 3.8) is 0 Å². The number of aliphatic hydroxyl groups excluding tert-OH is 1. The number of hydrogen-bond donors (Lipinski definition) is 2. The van der Waals surface area contributed by atoms with Gasteiger partial charge >= 0.3 is 5.97 Å². The van der Waals surface area contributed by atoms with Crippen molar-refractivity contribution < 1.29 is 14.6 Å². The number of esters is 1. The van der Waals surface area contributed by atoms with E-state index in [0.29, 0.717) is 25.5 Å². The summed E-state index contributed by atoms with van der Waals surface area (Å²) in [7, 11) is 0. The molecular formula is C26H53NO3. The van der Waals surface area contributed by atoms with E-state index in [1.54, 1.807) is 0 Å². The molecule has 30 heavy (non-hydrogen) atoms. The number of unbranched alkanes of at least 4 members (excludes halogenated alkanes) is 8. The summed E-state index contributed by atoms with van der Waals surface area (Å²) in [6.07, 6.45) is 17.7. The Morgan fingerprint density at radius 3 is 2.13 bits per heavy atom. The second-order valence-electron chi connectivity index (χ2n) is 9.88. The highest BCUT2D eigenvalue weighted by atomic mass is 16.5. The molecule has 4 heteroatoms. The quantitative estimate of drug-likeness (QED) is 0.150. The van der Waals surface area contributed by atoms with Gasteiger partial charge in [-0.3, -0.25) is 4.79 Å². The standard InChI is InChI=1S/C26H53NO3/c1-5-7-9-10-13-17-24(16-12-8-6-2)22-25(29)30-23-26(3,4)18-14-11-15-19-27-20-21-28/h24,27-28H,5-23H2,1-4H3. The molecule has 0 aromatic carbocycles. The summed E-state index contributed by atoms with van der Waals surface area (Å²) >= 11 is 0. The van der Waals surface area contributed by atoms with Crippen LogP contribution in [0.3, 0.4) is 0 Å². The first kappa shape index (κ1) is 29.4. The maximum absolute atomic E-state index is 12.5. The Hall–Kier alpha value is -0.610. The summed E-state index contributed by atoms with van der Waals surface area (Å²) in [4.78, 5) is 12.5. The lowest BCUT2D eigenvalue weighted by molar-refractivity contribution is -0.148. The van der Waals surface area contributed by atoms with E-state index in [2.05, 4.69) is 33.0 Å². The molecule has 0 rings (SSSR count). The van der Waals surface area contributed by atoms with E-state index in [0.717, 1.165) is 25.8 Å². The first-order valence-electron chi connectivity index (χ1n) is 12.9. The lowest BCUT2D eigenvalue weighted by Crippen LogP contribution is -2.23. The van der Waals surface area contributed by atoms with Crippen LogP contribution in [0.1, 0.15) is 124 Å². The molecule has 0 bridgehead atoms. The maximum Gasteiger partial charge on any atom is 0.306 e. The fraction of sp³-hybridized carbons (Fsp3) is 0.962. The zero-order valence-electron chi connectivity index (χ0n) is 20.8. The molecule has 0 aliphatic heterocycles. The van der Waals surface area contributed by atoms with Gasteiger partial charge in [0.15, 0.2) is 0 Å². The summed E-state index contributed by atoms with van der Waals surface area (Å²) in [5.74, 6) is 0.506. The fourth-order valence-corrected chi connectivity index (χ4v) is 3.95. The molecule has 0 saturated heterocycles. The third kappa shape index (κ3) is 19.4. The highest BCUT2D eigenvalue weighted by Gasteiger charge is 2.21. The first-order valence-corrected chi connectivity index (χ1v) is 12.9. The Morgan fingerprint density at radius 2 is 1.47 bits per heavy atom. The monoisotopic (exact) mass is 427 g/mol. The van der Waals surface area contributed by atoms with E-state index in [4.69, 9.17) is 9.84 Å². The number of nitrogens with one attached hydrogen (secondary N) is 1. The minimum Gasteiger partial charge on any atom is -0.465 e. The molecule has 0 aliphatic carbocycles. The van der Waals surface area contributed by atoms with Gasteiger partial charge < -0.3 is 15.2 Å². The van der Waals surface area contributed by atoms with Crippen LogP contribution >= 0.6 is 0 Å². The molecule has 0 aromatic heterocycles. The average Bonchev–Trinajstić information content (AvgIpc) is 2.71. The molecule has 4 nitrogen and oxygen atoms in total. The fourth-order valence-electron chi connectivity index (χ4n) is 3.95. The van der Waals surface area contributed by atoms with Crippen molar-refractivity contribution >= 4 is 5.97 Å². The second-order valence-corrected chi connectivity index (χ2v) is 9.88. The van der Waals surface area contributed by atoms with E-state index in [1.807, 2.05) is 0 Å². The molecule has 0 aromatic rings. The SMILES string of the molecule is CCCCCCCC(CCCCC)CC(=O)OCC(C)(C)CCCCCNCCO. The number of hydrogen-bond acceptors (Lipinski definition) is 4. The van der Waals surface area contributed by atoms with Gasteiger partial charge in [-0.05, 0) is 43.6 Å². The van der Waals surface area contributed by atoms with Crippen molar-refractivity contribution in [2.75, 3.05) is 26.3 Å². The lowest BCUT2D eigenvalue weighted by Gasteiger charge is -2.25. The first-order chi connectivity index (χ1) is 14.4. The van der Waals surface area contributed by atoms with Crippen LogP contribution in [0.4, 0.5) is 0 Å². The van der Waals surface area contributed by atoms with Gasteiger partial charge in [0.2, 0.25) is 0 Å². The minimum absolute atomic E-state index is 0.00587. The van der Waals surface area contributed by atoms with Gasteiger partial charge in [-0.15, -0.1) is 0 Å². The predicted octanol–water partition coefficient (Wildman–Crippen LogP) is 6.65. The smallest absolute Gasteiger partial charge is 0.306 e. The van der Waals surface area contributed by atoms with E-state index < -0.39 is 0 Å². The van der Waals surface area contributed by atoms with Crippen LogP contribution in [0.25, 0.3) is 0 Å². The molecule has 0 radical (unpaired) electrons. The topological polar surface area (TPSA) is 58.6 Å². The summed E-state index contributed by atoms with van der Waals surface area (Å²) in [6.45, 7) is 11.3. The molecule has 2 N–H and O–H groups in total. The molecule has 0 saturated carbocycles. The van der Waals surface area contributed by atoms with Gasteiger partial charge in [0, 0.05) is 13.0 Å². The van der Waals surface area contributed by atoms with Gasteiger partial charge in [0.25, 0.3) is 0 Å². The van der Waals surface area contributed by atoms with Crippen LogP contribution in [0, 0.1) is 11.3 Å². The van der Waals surface area contributed by atoms with Crippen molar-refractivity contribution in [3.05, 3.63) is 0 Å². The second kappa shape index (κ2) is 20.3. The highest BCUT2D eigenvalue weighted by Crippen LogP contribution is 2.26. The lowest BCUT2D eigenvalue weighted by atomic mass is 9.87. The summed E-state index contributed by atoms with van der Waals surface area (Å²) in [5, 5.41) is 12.0. The largest absolute Gasteiger partial charge is 0.465 e. The molecule has 0 aliphatic rings. The van der Waals surface area contributed by atoms with Crippen LogP contribution < -0.4 is 5.32 Å². The molecule has 0 heterocycles. The predicted molar refractivity (Wildman–Crippen MR) is 129 cm³/mol. The Morgan fingerprint density at radius 1 is 0.867 bits per heavy atom. The van der Waals surface area contributed by atoms with Crippen LogP contribution in [-0.4, -0.2) is 37.4 Å². The minimum atomic E-state index is 0.00587. The third-order valence-corrected chi connectivity index (χ3v) is 6.01. The normalized spacial score (nSPS) is 12.8. The van der Waals surface area contributed by atoms with Gasteiger partial charge in [-0.1, -0.05) is 91.9 Å². The molecular weight excluding hydrogens is 374 g/mol. The van der Waals surface area contributed by atoms with Crippen molar-refractivity contribution in [3.8, 4) is 0 Å². The van der Waals surface area contributed by atoms with Gasteiger partial charge in [0.05, 0.1) is 13.2 Å². The molecule has 180 valence electrons. The highest BCUT2D eigenvalue weighted by molar-refractivity contribution is 5.69. The van der Waals surface area contributed by atoms with Crippen molar-refractivity contribution in [1.29, 1.82) is 0 Å². The van der Waals surface area contributed by atoms with E-state index in [9.17, 15) is 4.79 Å². The van der Waals surface area contributed by atoms with Crippen molar-refractivity contribution in [1.82, 2.24) is 5.32 Å². The average molecular weight is 428 g/mol. The molecule has 0 fully saturated rings. The van der Waals surface area contributed by atoms with Gasteiger partial charge in [0.1, 0.15) is 0 Å².